The van der Waals surface area contributed by atoms with Crippen LogP contribution in [0.4, 0.5) is 0 Å². The number of rotatable bonds is 2. The zero-order valence-electron chi connectivity index (χ0n) is 19.7. The van der Waals surface area contributed by atoms with Gasteiger partial charge >= 0.3 is 0 Å². The molecule has 0 nitrogen and oxygen atoms in total. The van der Waals surface area contributed by atoms with Gasteiger partial charge in [-0.25, -0.2) is 0 Å². The topological polar surface area (TPSA) is 0 Å². The van der Waals surface area contributed by atoms with Gasteiger partial charge in [-0.15, -0.1) is 0 Å². The Morgan fingerprint density at radius 2 is 1.34 bits per heavy atom. The Morgan fingerprint density at radius 1 is 0.629 bits per heavy atom. The molecule has 2 spiro atoms. The van der Waals surface area contributed by atoms with Crippen LogP contribution < -0.4 is 0 Å². The molecule has 0 N–H and O–H groups in total. The molecule has 4 saturated carbocycles. The predicted molar refractivity (Wildman–Crippen MR) is 143 cm³/mol. The van der Waals surface area contributed by atoms with E-state index >= 15 is 0 Å². The van der Waals surface area contributed by atoms with Gasteiger partial charge in [0.25, 0.3) is 0 Å². The summed E-state index contributed by atoms with van der Waals surface area (Å²) < 4.78 is 0. The molecule has 0 radical (unpaired) electrons. The fourth-order valence-electron chi connectivity index (χ4n) is 10.1. The molecule has 4 aromatic carbocycles. The van der Waals surface area contributed by atoms with Crippen molar-refractivity contribution in [2.45, 2.75) is 31.1 Å². The van der Waals surface area contributed by atoms with Crippen molar-refractivity contribution < 1.29 is 0 Å². The van der Waals surface area contributed by atoms with E-state index in [4.69, 9.17) is 11.6 Å². The van der Waals surface area contributed by atoms with Crippen LogP contribution in [-0.2, 0) is 5.41 Å². The van der Waals surface area contributed by atoms with Gasteiger partial charge in [0.2, 0.25) is 0 Å². The molecule has 0 aliphatic heterocycles. The normalized spacial score (nSPS) is 34.2. The molecule has 35 heavy (non-hydrogen) atoms. The maximum absolute atomic E-state index is 6.33. The Labute approximate surface area is 212 Å². The van der Waals surface area contributed by atoms with Gasteiger partial charge in [-0.05, 0) is 117 Å². The summed E-state index contributed by atoms with van der Waals surface area (Å²) in [7, 11) is 0. The van der Waals surface area contributed by atoms with Crippen molar-refractivity contribution in [1.29, 1.82) is 0 Å². The fraction of sp³-hybridized carbons (Fsp3) is 0.294. The molecule has 170 valence electrons. The van der Waals surface area contributed by atoms with Gasteiger partial charge in [0.1, 0.15) is 0 Å². The predicted octanol–water partition coefficient (Wildman–Crippen LogP) is 9.01. The molecule has 0 amide bonds. The molecule has 0 aromatic heterocycles. The Kier molecular flexibility index (Phi) is 3.48. The van der Waals surface area contributed by atoms with Crippen LogP contribution in [0.5, 0.6) is 0 Å². The summed E-state index contributed by atoms with van der Waals surface area (Å²) >= 11 is 6.33. The fourth-order valence-corrected chi connectivity index (χ4v) is 10.3. The second-order valence-electron chi connectivity index (χ2n) is 11.9. The summed E-state index contributed by atoms with van der Waals surface area (Å²) in [5.41, 5.74) is 12.3. The van der Waals surface area contributed by atoms with Crippen LogP contribution in [0.1, 0.15) is 36.8 Å². The highest BCUT2D eigenvalue weighted by Gasteiger charge is 2.84. The minimum atomic E-state index is 0.262. The Morgan fingerprint density at radius 3 is 2.23 bits per heavy atom. The third kappa shape index (κ3) is 2.07. The lowest BCUT2D eigenvalue weighted by Crippen LogP contribution is -2.73. The van der Waals surface area contributed by atoms with Crippen LogP contribution >= 0.6 is 11.6 Å². The smallest absolute Gasteiger partial charge is 0.0412 e. The number of hydrogen-bond donors (Lipinski definition) is 0. The molecular formula is C34H27Cl. The molecule has 2 bridgehead atoms. The zero-order chi connectivity index (χ0) is 22.9. The van der Waals surface area contributed by atoms with Gasteiger partial charge in [-0.2, -0.15) is 0 Å². The van der Waals surface area contributed by atoms with E-state index < -0.39 is 0 Å². The van der Waals surface area contributed by atoms with Crippen LogP contribution in [0.2, 0.25) is 5.02 Å². The monoisotopic (exact) mass is 470 g/mol. The Hall–Kier alpha value is -2.83. The molecule has 4 aromatic rings. The van der Waals surface area contributed by atoms with Gasteiger partial charge in [0.15, 0.2) is 0 Å². The summed E-state index contributed by atoms with van der Waals surface area (Å²) in [5.74, 6) is 3.72. The van der Waals surface area contributed by atoms with Crippen molar-refractivity contribution in [3.8, 4) is 33.4 Å². The van der Waals surface area contributed by atoms with E-state index in [1.165, 1.54) is 59.1 Å². The van der Waals surface area contributed by atoms with E-state index in [1.807, 2.05) is 12.1 Å². The first kappa shape index (κ1) is 19.4. The number of halogens is 1. The molecule has 5 aliphatic carbocycles. The van der Waals surface area contributed by atoms with Gasteiger partial charge < -0.3 is 0 Å². The molecular weight excluding hydrogens is 444 g/mol. The first-order valence-electron chi connectivity index (χ1n) is 13.3. The van der Waals surface area contributed by atoms with Gasteiger partial charge in [-0.1, -0.05) is 84.4 Å². The largest absolute Gasteiger partial charge is 0.0843 e. The number of fused-ring (bicyclic) bond motifs is 8. The quantitative estimate of drug-likeness (QED) is 0.274. The van der Waals surface area contributed by atoms with E-state index in [0.29, 0.717) is 5.41 Å². The zero-order valence-corrected chi connectivity index (χ0v) is 20.4. The van der Waals surface area contributed by atoms with Crippen molar-refractivity contribution in [3.05, 3.63) is 107 Å². The lowest BCUT2D eigenvalue weighted by molar-refractivity contribution is -0.231. The lowest BCUT2D eigenvalue weighted by Gasteiger charge is -2.76. The summed E-state index contributed by atoms with van der Waals surface area (Å²) in [6, 6.07) is 33.9. The van der Waals surface area contributed by atoms with Crippen LogP contribution in [0.3, 0.4) is 0 Å². The maximum atomic E-state index is 6.33. The molecule has 1 heteroatoms. The summed E-state index contributed by atoms with van der Waals surface area (Å²) in [4.78, 5) is 0. The van der Waals surface area contributed by atoms with E-state index in [9.17, 15) is 0 Å². The summed E-state index contributed by atoms with van der Waals surface area (Å²) in [6.45, 7) is 0. The number of hydrogen-bond acceptors (Lipinski definition) is 0. The molecule has 0 heterocycles. The second kappa shape index (κ2) is 6.29. The van der Waals surface area contributed by atoms with Crippen LogP contribution in [0, 0.1) is 29.1 Å². The summed E-state index contributed by atoms with van der Waals surface area (Å²) in [6.07, 6.45) is 5.95. The standard InChI is InChI=1S/C34H27Cl/c35-25-9-4-7-22(17-25)21-6-3-8-23(16-21)26-11-5-13-29-32(26)27-10-1-2-12-28(27)34(29)30-15-20-14-24-18-31(34)33(24,30)19-20/h1-13,16-17,20,24,30-31H,14-15,18-19H2. The van der Waals surface area contributed by atoms with Crippen LogP contribution in [0.15, 0.2) is 91.0 Å². The van der Waals surface area contributed by atoms with Gasteiger partial charge in [0, 0.05) is 10.4 Å². The van der Waals surface area contributed by atoms with E-state index in [0.717, 1.165) is 28.7 Å². The first-order valence-corrected chi connectivity index (χ1v) is 13.7. The highest BCUT2D eigenvalue weighted by atomic mass is 35.5. The SMILES string of the molecule is Clc1cccc(-c2cccc(-c3cccc4c3-c3ccccc3C43C4CC5CC6CC3C64C5)c2)c1. The van der Waals surface area contributed by atoms with Crippen molar-refractivity contribution in [3.63, 3.8) is 0 Å². The molecule has 6 atom stereocenters. The third-order valence-corrected chi connectivity index (χ3v) is 11.2. The van der Waals surface area contributed by atoms with E-state index in [2.05, 4.69) is 78.9 Å². The summed E-state index contributed by atoms with van der Waals surface area (Å²) in [5, 5.41) is 0.785. The first-order chi connectivity index (χ1) is 17.2. The van der Waals surface area contributed by atoms with E-state index in [1.54, 1.807) is 11.1 Å². The Balaban J connectivity index is 1.26. The molecule has 6 unspecified atom stereocenters. The Bertz CT molecular complexity index is 1560. The number of benzene rings is 4. The minimum absolute atomic E-state index is 0.262. The van der Waals surface area contributed by atoms with Crippen molar-refractivity contribution in [2.24, 2.45) is 29.1 Å². The second-order valence-corrected chi connectivity index (χ2v) is 12.4. The average Bonchev–Trinajstić information content (AvgIpc) is 3.52. The molecule has 9 rings (SSSR count). The lowest BCUT2D eigenvalue weighted by atomic mass is 9.27. The van der Waals surface area contributed by atoms with Crippen molar-refractivity contribution in [1.82, 2.24) is 0 Å². The highest BCUT2D eigenvalue weighted by molar-refractivity contribution is 6.30. The third-order valence-electron chi connectivity index (χ3n) is 11.0. The van der Waals surface area contributed by atoms with Crippen molar-refractivity contribution in [2.75, 3.05) is 0 Å². The van der Waals surface area contributed by atoms with Gasteiger partial charge in [0.05, 0.1) is 0 Å². The van der Waals surface area contributed by atoms with Crippen LogP contribution in [-0.4, -0.2) is 0 Å². The maximum Gasteiger partial charge on any atom is 0.0412 e. The average molecular weight is 471 g/mol. The highest BCUT2D eigenvalue weighted by Crippen LogP contribution is 2.89. The van der Waals surface area contributed by atoms with E-state index in [-0.39, 0.29) is 5.41 Å². The molecule has 5 aliphatic rings. The van der Waals surface area contributed by atoms with Gasteiger partial charge in [-0.3, -0.25) is 0 Å². The van der Waals surface area contributed by atoms with Crippen molar-refractivity contribution >= 4 is 11.6 Å². The molecule has 4 fully saturated rings. The van der Waals surface area contributed by atoms with Crippen LogP contribution in [0.25, 0.3) is 33.4 Å². The minimum Gasteiger partial charge on any atom is -0.0843 e. The molecule has 0 saturated heterocycles.